The minimum absolute atomic E-state index is 0.575. The first kappa shape index (κ1) is 15.3. The number of thiocarbonyl (C=S) groups is 1. The Morgan fingerprint density at radius 3 is 2.38 bits per heavy atom. The molecular formula is C17H20N2OS. The molecule has 0 bridgehead atoms. The molecule has 4 heteroatoms. The molecule has 0 spiro atoms. The van der Waals surface area contributed by atoms with E-state index in [1.165, 1.54) is 11.1 Å². The molecule has 0 amide bonds. The van der Waals surface area contributed by atoms with Crippen LogP contribution in [0, 0.1) is 13.8 Å². The molecule has 0 saturated carbocycles. The smallest absolute Gasteiger partial charge is 0.175 e. The number of hydrogen-bond donors (Lipinski definition) is 2. The maximum atomic E-state index is 5.41. The third kappa shape index (κ3) is 4.46. The van der Waals surface area contributed by atoms with Gasteiger partial charge in [0.25, 0.3) is 0 Å². The van der Waals surface area contributed by atoms with Gasteiger partial charge in [0.15, 0.2) is 5.11 Å². The summed E-state index contributed by atoms with van der Waals surface area (Å²) < 4.78 is 5.41. The van der Waals surface area contributed by atoms with Crippen LogP contribution in [0.2, 0.25) is 0 Å². The van der Waals surface area contributed by atoms with Crippen LogP contribution in [0.4, 0.5) is 11.4 Å². The number of anilines is 2. The molecule has 0 aliphatic carbocycles. The average Bonchev–Trinajstić information content (AvgIpc) is 2.44. The molecule has 21 heavy (non-hydrogen) atoms. The van der Waals surface area contributed by atoms with Gasteiger partial charge in [-0.2, -0.15) is 0 Å². The molecule has 0 atom stereocenters. The monoisotopic (exact) mass is 300 g/mol. The molecule has 0 aliphatic rings. The second-order valence-electron chi connectivity index (χ2n) is 4.85. The number of benzene rings is 2. The molecule has 0 radical (unpaired) electrons. The first-order chi connectivity index (χ1) is 10.1. The Kier molecular flexibility index (Phi) is 5.17. The molecule has 0 saturated heterocycles. The summed E-state index contributed by atoms with van der Waals surface area (Å²) in [6, 6.07) is 14.0. The zero-order chi connectivity index (χ0) is 15.2. The predicted molar refractivity (Wildman–Crippen MR) is 93.4 cm³/mol. The van der Waals surface area contributed by atoms with E-state index in [-0.39, 0.29) is 0 Å². The summed E-state index contributed by atoms with van der Waals surface area (Å²) in [6.07, 6.45) is 0. The summed E-state index contributed by atoms with van der Waals surface area (Å²) in [5.74, 6) is 0.858. The van der Waals surface area contributed by atoms with Gasteiger partial charge in [-0.1, -0.05) is 17.7 Å². The van der Waals surface area contributed by atoms with E-state index in [0.717, 1.165) is 17.1 Å². The lowest BCUT2D eigenvalue weighted by Crippen LogP contribution is -2.19. The van der Waals surface area contributed by atoms with Crippen LogP contribution in [0.25, 0.3) is 0 Å². The molecule has 2 aromatic rings. The van der Waals surface area contributed by atoms with Gasteiger partial charge in [0.1, 0.15) is 5.75 Å². The topological polar surface area (TPSA) is 33.3 Å². The van der Waals surface area contributed by atoms with Crippen molar-refractivity contribution in [1.82, 2.24) is 0 Å². The molecule has 2 N–H and O–H groups in total. The van der Waals surface area contributed by atoms with Crippen LogP contribution in [0.5, 0.6) is 5.75 Å². The minimum atomic E-state index is 0.575. The van der Waals surface area contributed by atoms with Gasteiger partial charge >= 0.3 is 0 Å². The molecule has 2 aromatic carbocycles. The van der Waals surface area contributed by atoms with Crippen molar-refractivity contribution in [3.8, 4) is 5.75 Å². The van der Waals surface area contributed by atoms with Crippen molar-refractivity contribution in [2.75, 3.05) is 17.2 Å². The van der Waals surface area contributed by atoms with Crippen molar-refractivity contribution < 1.29 is 4.74 Å². The van der Waals surface area contributed by atoms with Crippen molar-refractivity contribution in [2.45, 2.75) is 20.8 Å². The Hall–Kier alpha value is -2.07. The standard InChI is InChI=1S/C17H20N2OS/c1-4-20-15-8-6-14(7-9-15)18-17(21)19-16-10-5-12(2)11-13(16)3/h5-11H,4H2,1-3H3,(H2,18,19,21). The van der Waals surface area contributed by atoms with Gasteiger partial charge in [-0.05, 0) is 68.9 Å². The highest BCUT2D eigenvalue weighted by Gasteiger charge is 2.02. The van der Waals surface area contributed by atoms with E-state index in [1.54, 1.807) is 0 Å². The van der Waals surface area contributed by atoms with Gasteiger partial charge in [-0.3, -0.25) is 0 Å². The summed E-state index contributed by atoms with van der Waals surface area (Å²) in [4.78, 5) is 0. The molecule has 3 nitrogen and oxygen atoms in total. The lowest BCUT2D eigenvalue weighted by molar-refractivity contribution is 0.340. The average molecular weight is 300 g/mol. The highest BCUT2D eigenvalue weighted by atomic mass is 32.1. The van der Waals surface area contributed by atoms with Gasteiger partial charge in [0, 0.05) is 11.4 Å². The first-order valence-corrected chi connectivity index (χ1v) is 7.37. The van der Waals surface area contributed by atoms with E-state index < -0.39 is 0 Å². The molecule has 110 valence electrons. The van der Waals surface area contributed by atoms with Crippen molar-refractivity contribution in [3.63, 3.8) is 0 Å². The number of rotatable bonds is 4. The summed E-state index contributed by atoms with van der Waals surface area (Å²) >= 11 is 5.34. The number of aryl methyl sites for hydroxylation is 2. The quantitative estimate of drug-likeness (QED) is 0.814. The molecule has 0 fully saturated rings. The zero-order valence-corrected chi connectivity index (χ0v) is 13.4. The van der Waals surface area contributed by atoms with Crippen LogP contribution in [-0.2, 0) is 0 Å². The van der Waals surface area contributed by atoms with Crippen molar-refractivity contribution >= 4 is 28.7 Å². The second-order valence-corrected chi connectivity index (χ2v) is 5.26. The third-order valence-corrected chi connectivity index (χ3v) is 3.26. The van der Waals surface area contributed by atoms with Crippen molar-refractivity contribution in [3.05, 3.63) is 53.6 Å². The highest BCUT2D eigenvalue weighted by Crippen LogP contribution is 2.18. The Morgan fingerprint density at radius 1 is 1.05 bits per heavy atom. The number of nitrogens with one attached hydrogen (secondary N) is 2. The van der Waals surface area contributed by atoms with Gasteiger partial charge in [-0.25, -0.2) is 0 Å². The first-order valence-electron chi connectivity index (χ1n) is 6.96. The van der Waals surface area contributed by atoms with Gasteiger partial charge < -0.3 is 15.4 Å². The molecule has 0 aliphatic heterocycles. The van der Waals surface area contributed by atoms with Crippen LogP contribution in [0.3, 0.4) is 0 Å². The third-order valence-electron chi connectivity index (χ3n) is 3.05. The van der Waals surface area contributed by atoms with E-state index in [2.05, 4.69) is 36.6 Å². The molecule has 0 unspecified atom stereocenters. The maximum Gasteiger partial charge on any atom is 0.175 e. The SMILES string of the molecule is CCOc1ccc(NC(=S)Nc2ccc(C)cc2C)cc1. The van der Waals surface area contributed by atoms with Crippen LogP contribution >= 0.6 is 12.2 Å². The predicted octanol–water partition coefficient (Wildman–Crippen LogP) is 4.51. The summed E-state index contributed by atoms with van der Waals surface area (Å²) in [7, 11) is 0. The number of ether oxygens (including phenoxy) is 1. The summed E-state index contributed by atoms with van der Waals surface area (Å²) in [6.45, 7) is 6.77. The normalized spacial score (nSPS) is 10.0. The summed E-state index contributed by atoms with van der Waals surface area (Å²) in [5, 5.41) is 6.96. The van der Waals surface area contributed by atoms with Gasteiger partial charge in [0.2, 0.25) is 0 Å². The highest BCUT2D eigenvalue weighted by molar-refractivity contribution is 7.80. The second kappa shape index (κ2) is 7.09. The maximum absolute atomic E-state index is 5.41. The fourth-order valence-electron chi connectivity index (χ4n) is 2.04. The Morgan fingerprint density at radius 2 is 1.76 bits per heavy atom. The molecule has 0 heterocycles. The van der Waals surface area contributed by atoms with E-state index in [0.29, 0.717) is 11.7 Å². The lowest BCUT2D eigenvalue weighted by atomic mass is 10.1. The molecule has 0 aromatic heterocycles. The minimum Gasteiger partial charge on any atom is -0.494 e. The molecule has 2 rings (SSSR count). The van der Waals surface area contributed by atoms with E-state index >= 15 is 0 Å². The van der Waals surface area contributed by atoms with Crippen LogP contribution in [0.15, 0.2) is 42.5 Å². The van der Waals surface area contributed by atoms with Crippen molar-refractivity contribution in [1.29, 1.82) is 0 Å². The van der Waals surface area contributed by atoms with E-state index in [1.807, 2.05) is 37.3 Å². The van der Waals surface area contributed by atoms with Crippen LogP contribution < -0.4 is 15.4 Å². The largest absolute Gasteiger partial charge is 0.494 e. The van der Waals surface area contributed by atoms with Crippen molar-refractivity contribution in [2.24, 2.45) is 0 Å². The fraction of sp³-hybridized carbons (Fsp3) is 0.235. The number of hydrogen-bond acceptors (Lipinski definition) is 2. The van der Waals surface area contributed by atoms with Crippen LogP contribution in [0.1, 0.15) is 18.1 Å². The summed E-state index contributed by atoms with van der Waals surface area (Å²) in [5.41, 5.74) is 4.36. The Labute approximate surface area is 131 Å². The lowest BCUT2D eigenvalue weighted by Gasteiger charge is -2.13. The van der Waals surface area contributed by atoms with E-state index in [9.17, 15) is 0 Å². The van der Waals surface area contributed by atoms with E-state index in [4.69, 9.17) is 17.0 Å². The van der Waals surface area contributed by atoms with Gasteiger partial charge in [0.05, 0.1) is 6.61 Å². The van der Waals surface area contributed by atoms with Gasteiger partial charge in [-0.15, -0.1) is 0 Å². The molecular weight excluding hydrogens is 280 g/mol. The Bertz CT molecular complexity index is 623. The van der Waals surface area contributed by atoms with Crippen LogP contribution in [-0.4, -0.2) is 11.7 Å². The Balaban J connectivity index is 1.98. The fourth-order valence-corrected chi connectivity index (χ4v) is 2.27. The zero-order valence-electron chi connectivity index (χ0n) is 12.6.